The lowest BCUT2D eigenvalue weighted by Gasteiger charge is -2.20. The van der Waals surface area contributed by atoms with Crippen molar-refractivity contribution in [2.45, 2.75) is 13.0 Å². The lowest BCUT2D eigenvalue weighted by molar-refractivity contribution is 0.634. The van der Waals surface area contributed by atoms with Gasteiger partial charge >= 0.3 is 0 Å². The summed E-state index contributed by atoms with van der Waals surface area (Å²) < 4.78 is 0. The third-order valence-electron chi connectivity index (χ3n) is 3.58. The van der Waals surface area contributed by atoms with Gasteiger partial charge in [-0.15, -0.1) is 0 Å². The van der Waals surface area contributed by atoms with E-state index in [2.05, 4.69) is 41.5 Å². The fraction of sp³-hybridized carbons (Fsp3) is 0.167. The van der Waals surface area contributed by atoms with Crippen LogP contribution < -0.4 is 5.32 Å². The van der Waals surface area contributed by atoms with Crippen molar-refractivity contribution >= 4 is 22.5 Å². The molecule has 1 unspecified atom stereocenters. The Balaban J connectivity index is 2.16. The highest BCUT2D eigenvalue weighted by Gasteiger charge is 2.16. The molecular weight excluding hydrogens is 280 g/mol. The van der Waals surface area contributed by atoms with Crippen molar-refractivity contribution in [1.82, 2.24) is 10.3 Å². The SMILES string of the molecule is CCNC(c1cccc(Cl)c1)c1ccnc2ccccc12. The molecule has 3 aromatic rings. The first kappa shape index (κ1) is 14.1. The molecule has 1 heterocycles. The van der Waals surface area contributed by atoms with E-state index in [-0.39, 0.29) is 6.04 Å². The Morgan fingerprint density at radius 1 is 1.10 bits per heavy atom. The molecule has 1 aromatic heterocycles. The molecule has 0 fully saturated rings. The van der Waals surface area contributed by atoms with Crippen LogP contribution in [0.2, 0.25) is 5.02 Å². The molecular formula is C18H17ClN2. The van der Waals surface area contributed by atoms with Gasteiger partial charge in [0.25, 0.3) is 0 Å². The number of nitrogens with one attached hydrogen (secondary N) is 1. The highest BCUT2D eigenvalue weighted by atomic mass is 35.5. The van der Waals surface area contributed by atoms with E-state index >= 15 is 0 Å². The van der Waals surface area contributed by atoms with Gasteiger partial charge in [0.15, 0.2) is 0 Å². The first-order chi connectivity index (χ1) is 10.3. The van der Waals surface area contributed by atoms with Crippen LogP contribution in [0.15, 0.2) is 60.8 Å². The largest absolute Gasteiger partial charge is 0.307 e. The fourth-order valence-electron chi connectivity index (χ4n) is 2.67. The van der Waals surface area contributed by atoms with Crippen molar-refractivity contribution in [3.63, 3.8) is 0 Å². The van der Waals surface area contributed by atoms with Crippen LogP contribution in [0.25, 0.3) is 10.9 Å². The summed E-state index contributed by atoms with van der Waals surface area (Å²) in [5.74, 6) is 0. The van der Waals surface area contributed by atoms with Crippen LogP contribution >= 0.6 is 11.6 Å². The van der Waals surface area contributed by atoms with Crippen molar-refractivity contribution in [2.24, 2.45) is 0 Å². The van der Waals surface area contributed by atoms with Gasteiger partial charge in [0.1, 0.15) is 0 Å². The molecule has 2 aromatic carbocycles. The smallest absolute Gasteiger partial charge is 0.0705 e. The summed E-state index contributed by atoms with van der Waals surface area (Å²) >= 11 is 6.15. The number of benzene rings is 2. The van der Waals surface area contributed by atoms with Crippen LogP contribution in [0, 0.1) is 0 Å². The summed E-state index contributed by atoms with van der Waals surface area (Å²) in [6.45, 7) is 2.99. The Kier molecular flexibility index (Phi) is 4.18. The number of fused-ring (bicyclic) bond motifs is 1. The molecule has 0 aliphatic heterocycles. The lowest BCUT2D eigenvalue weighted by Crippen LogP contribution is -2.22. The molecule has 0 saturated heterocycles. The van der Waals surface area contributed by atoms with E-state index in [1.165, 1.54) is 16.5 Å². The third-order valence-corrected chi connectivity index (χ3v) is 3.82. The van der Waals surface area contributed by atoms with E-state index in [1.807, 2.05) is 36.5 Å². The summed E-state index contributed by atoms with van der Waals surface area (Å²) in [4.78, 5) is 4.44. The predicted octanol–water partition coefficient (Wildman–Crippen LogP) is 4.59. The third kappa shape index (κ3) is 2.92. The summed E-state index contributed by atoms with van der Waals surface area (Å²) in [5.41, 5.74) is 3.41. The van der Waals surface area contributed by atoms with E-state index in [0.717, 1.165) is 17.1 Å². The highest BCUT2D eigenvalue weighted by Crippen LogP contribution is 2.29. The van der Waals surface area contributed by atoms with Gasteiger partial charge in [-0.2, -0.15) is 0 Å². The number of nitrogens with zero attached hydrogens (tertiary/aromatic N) is 1. The molecule has 3 rings (SSSR count). The minimum Gasteiger partial charge on any atom is -0.307 e. The first-order valence-corrected chi connectivity index (χ1v) is 7.50. The number of para-hydroxylation sites is 1. The molecule has 0 saturated carbocycles. The van der Waals surface area contributed by atoms with Crippen molar-refractivity contribution in [2.75, 3.05) is 6.54 Å². The van der Waals surface area contributed by atoms with Crippen LogP contribution in [0.1, 0.15) is 24.1 Å². The standard InChI is InChI=1S/C18H17ClN2/c1-2-20-18(13-6-5-7-14(19)12-13)16-10-11-21-17-9-4-3-8-15(16)17/h3-12,18,20H,2H2,1H3. The zero-order valence-electron chi connectivity index (χ0n) is 11.9. The van der Waals surface area contributed by atoms with Gasteiger partial charge in [-0.25, -0.2) is 0 Å². The maximum Gasteiger partial charge on any atom is 0.0705 e. The number of rotatable bonds is 4. The Hall–Kier alpha value is -1.90. The minimum absolute atomic E-state index is 0.113. The van der Waals surface area contributed by atoms with E-state index in [0.29, 0.717) is 0 Å². The van der Waals surface area contributed by atoms with Crippen LogP contribution in [-0.2, 0) is 0 Å². The van der Waals surface area contributed by atoms with E-state index < -0.39 is 0 Å². The van der Waals surface area contributed by atoms with Gasteiger partial charge in [-0.3, -0.25) is 4.98 Å². The second-order valence-corrected chi connectivity index (χ2v) is 5.40. The molecule has 2 nitrogen and oxygen atoms in total. The van der Waals surface area contributed by atoms with Crippen molar-refractivity contribution in [1.29, 1.82) is 0 Å². The summed E-state index contributed by atoms with van der Waals surface area (Å²) in [7, 11) is 0. The molecule has 0 bridgehead atoms. The quantitative estimate of drug-likeness (QED) is 0.762. The van der Waals surface area contributed by atoms with Gasteiger partial charge in [-0.05, 0) is 41.9 Å². The summed E-state index contributed by atoms with van der Waals surface area (Å²) in [6, 6.07) is 18.4. The topological polar surface area (TPSA) is 24.9 Å². The summed E-state index contributed by atoms with van der Waals surface area (Å²) in [6.07, 6.45) is 1.87. The Morgan fingerprint density at radius 2 is 1.95 bits per heavy atom. The van der Waals surface area contributed by atoms with Gasteiger partial charge < -0.3 is 5.32 Å². The molecule has 106 valence electrons. The van der Waals surface area contributed by atoms with Crippen LogP contribution in [-0.4, -0.2) is 11.5 Å². The molecule has 0 radical (unpaired) electrons. The van der Waals surface area contributed by atoms with Gasteiger partial charge in [0.2, 0.25) is 0 Å². The van der Waals surface area contributed by atoms with Crippen LogP contribution in [0.5, 0.6) is 0 Å². The first-order valence-electron chi connectivity index (χ1n) is 7.12. The van der Waals surface area contributed by atoms with E-state index in [1.54, 1.807) is 0 Å². The van der Waals surface area contributed by atoms with Gasteiger partial charge in [0.05, 0.1) is 11.6 Å². The number of hydrogen-bond donors (Lipinski definition) is 1. The molecule has 21 heavy (non-hydrogen) atoms. The fourth-order valence-corrected chi connectivity index (χ4v) is 2.87. The van der Waals surface area contributed by atoms with Crippen molar-refractivity contribution < 1.29 is 0 Å². The lowest BCUT2D eigenvalue weighted by atomic mass is 9.95. The summed E-state index contributed by atoms with van der Waals surface area (Å²) in [5, 5.41) is 5.48. The molecule has 3 heteroatoms. The molecule has 0 aliphatic rings. The average molecular weight is 297 g/mol. The number of pyridine rings is 1. The molecule has 0 amide bonds. The Labute approximate surface area is 129 Å². The second-order valence-electron chi connectivity index (χ2n) is 4.96. The highest BCUT2D eigenvalue weighted by molar-refractivity contribution is 6.30. The number of aromatic nitrogens is 1. The molecule has 0 aliphatic carbocycles. The maximum absolute atomic E-state index is 6.15. The second kappa shape index (κ2) is 6.25. The Bertz CT molecular complexity index is 750. The number of halogens is 1. The van der Waals surface area contributed by atoms with Gasteiger partial charge in [-0.1, -0.05) is 48.9 Å². The van der Waals surface area contributed by atoms with Crippen molar-refractivity contribution in [3.05, 3.63) is 76.9 Å². The van der Waals surface area contributed by atoms with E-state index in [9.17, 15) is 0 Å². The Morgan fingerprint density at radius 3 is 2.76 bits per heavy atom. The minimum atomic E-state index is 0.113. The molecule has 1 atom stereocenters. The monoisotopic (exact) mass is 296 g/mol. The maximum atomic E-state index is 6.15. The normalized spacial score (nSPS) is 12.5. The average Bonchev–Trinajstić information content (AvgIpc) is 2.52. The molecule has 0 spiro atoms. The van der Waals surface area contributed by atoms with Crippen LogP contribution in [0.3, 0.4) is 0 Å². The predicted molar refractivity (Wildman–Crippen MR) is 88.7 cm³/mol. The van der Waals surface area contributed by atoms with Crippen molar-refractivity contribution in [3.8, 4) is 0 Å². The van der Waals surface area contributed by atoms with Crippen LogP contribution in [0.4, 0.5) is 0 Å². The zero-order chi connectivity index (χ0) is 14.7. The molecule has 1 N–H and O–H groups in total. The van der Waals surface area contributed by atoms with E-state index in [4.69, 9.17) is 11.6 Å². The zero-order valence-corrected chi connectivity index (χ0v) is 12.6. The number of hydrogen-bond acceptors (Lipinski definition) is 2. The van der Waals surface area contributed by atoms with Gasteiger partial charge in [0, 0.05) is 16.6 Å².